The molecule has 0 aliphatic carbocycles. The smallest absolute Gasteiger partial charge is 0.237 e. The molecule has 1 aromatic rings. The molecule has 3 rings (SSSR count). The Morgan fingerprint density at radius 3 is 2.59 bits per heavy atom. The van der Waals surface area contributed by atoms with Crippen molar-refractivity contribution in [1.82, 2.24) is 14.8 Å². The molecular weight excluding hydrogens is 274 g/mol. The zero-order valence-corrected chi connectivity index (χ0v) is 13.4. The fourth-order valence-electron chi connectivity index (χ4n) is 3.73. The first kappa shape index (κ1) is 15.5. The lowest BCUT2D eigenvalue weighted by atomic mass is 9.96. The number of hydrogen-bond donors (Lipinski definition) is 0. The van der Waals surface area contributed by atoms with Crippen molar-refractivity contribution >= 4 is 5.91 Å². The molecule has 0 N–H and O–H groups in total. The highest BCUT2D eigenvalue weighted by molar-refractivity contribution is 5.79. The summed E-state index contributed by atoms with van der Waals surface area (Å²) in [6.07, 6.45) is 12.2. The van der Waals surface area contributed by atoms with Crippen molar-refractivity contribution in [3.63, 3.8) is 0 Å². The van der Waals surface area contributed by atoms with E-state index < -0.39 is 0 Å². The van der Waals surface area contributed by atoms with Gasteiger partial charge in [-0.2, -0.15) is 0 Å². The Hall–Kier alpha value is -1.42. The van der Waals surface area contributed by atoms with Gasteiger partial charge in [-0.1, -0.05) is 18.9 Å². The van der Waals surface area contributed by atoms with Gasteiger partial charge in [0.15, 0.2) is 0 Å². The molecular formula is C18H27N3O. The molecule has 0 unspecified atom stereocenters. The van der Waals surface area contributed by atoms with Crippen molar-refractivity contribution in [3.8, 4) is 0 Å². The molecule has 120 valence electrons. The Kier molecular flexibility index (Phi) is 5.43. The number of rotatable bonds is 3. The van der Waals surface area contributed by atoms with E-state index in [1.165, 1.54) is 37.7 Å². The van der Waals surface area contributed by atoms with Gasteiger partial charge in [-0.15, -0.1) is 0 Å². The first-order valence-electron chi connectivity index (χ1n) is 8.76. The molecule has 0 aromatic carbocycles. The molecule has 0 bridgehead atoms. The minimum Gasteiger partial charge on any atom is -0.334 e. The lowest BCUT2D eigenvalue weighted by Gasteiger charge is -2.37. The molecule has 0 saturated carbocycles. The average molecular weight is 301 g/mol. The lowest BCUT2D eigenvalue weighted by molar-refractivity contribution is -0.136. The number of carbonyl (C=O) groups is 1. The maximum atomic E-state index is 12.8. The van der Waals surface area contributed by atoms with Crippen LogP contribution >= 0.6 is 0 Å². The van der Waals surface area contributed by atoms with E-state index in [0.717, 1.165) is 32.5 Å². The molecule has 1 amide bonds. The van der Waals surface area contributed by atoms with Gasteiger partial charge in [-0.25, -0.2) is 0 Å². The van der Waals surface area contributed by atoms with Crippen LogP contribution in [-0.2, 0) is 4.79 Å². The fourth-order valence-corrected chi connectivity index (χ4v) is 3.73. The van der Waals surface area contributed by atoms with Crippen LogP contribution in [-0.4, -0.2) is 46.9 Å². The van der Waals surface area contributed by atoms with Gasteiger partial charge in [0.1, 0.15) is 0 Å². The third kappa shape index (κ3) is 3.86. The summed E-state index contributed by atoms with van der Waals surface area (Å²) < 4.78 is 0. The SMILES string of the molecule is O=C(CN1CCCCCC1)N1CCCC[C@@H]1c1cccnc1. The van der Waals surface area contributed by atoms with Gasteiger partial charge < -0.3 is 4.90 Å². The number of carbonyl (C=O) groups excluding carboxylic acids is 1. The van der Waals surface area contributed by atoms with Crippen LogP contribution in [0.25, 0.3) is 0 Å². The van der Waals surface area contributed by atoms with Crippen molar-refractivity contribution in [2.24, 2.45) is 0 Å². The highest BCUT2D eigenvalue weighted by Gasteiger charge is 2.29. The number of amides is 1. The highest BCUT2D eigenvalue weighted by Crippen LogP contribution is 2.30. The zero-order chi connectivity index (χ0) is 15.2. The van der Waals surface area contributed by atoms with E-state index in [0.29, 0.717) is 12.5 Å². The van der Waals surface area contributed by atoms with E-state index in [9.17, 15) is 4.79 Å². The summed E-state index contributed by atoms with van der Waals surface area (Å²) in [4.78, 5) is 21.5. The average Bonchev–Trinajstić information content (AvgIpc) is 2.84. The second-order valence-corrected chi connectivity index (χ2v) is 6.58. The largest absolute Gasteiger partial charge is 0.334 e. The molecule has 1 atom stereocenters. The third-order valence-corrected chi connectivity index (χ3v) is 4.95. The van der Waals surface area contributed by atoms with Crippen molar-refractivity contribution in [3.05, 3.63) is 30.1 Å². The van der Waals surface area contributed by atoms with E-state index >= 15 is 0 Å². The van der Waals surface area contributed by atoms with Crippen molar-refractivity contribution in [2.45, 2.75) is 51.0 Å². The standard InChI is InChI=1S/C18H27N3O/c22-18(15-20-11-4-1-2-5-12-20)21-13-6-3-9-17(21)16-8-7-10-19-14-16/h7-8,10,14,17H,1-6,9,11-13,15H2/t17-/m1/s1. The Bertz CT molecular complexity index is 468. The van der Waals surface area contributed by atoms with E-state index in [2.05, 4.69) is 20.9 Å². The van der Waals surface area contributed by atoms with Crippen molar-refractivity contribution in [1.29, 1.82) is 0 Å². The molecule has 0 radical (unpaired) electrons. The van der Waals surface area contributed by atoms with Crippen molar-refractivity contribution < 1.29 is 4.79 Å². The Morgan fingerprint density at radius 2 is 1.86 bits per heavy atom. The summed E-state index contributed by atoms with van der Waals surface area (Å²) in [7, 11) is 0. The summed E-state index contributed by atoms with van der Waals surface area (Å²) in [5.74, 6) is 0.301. The maximum Gasteiger partial charge on any atom is 0.237 e. The molecule has 2 saturated heterocycles. The summed E-state index contributed by atoms with van der Waals surface area (Å²) in [6, 6.07) is 4.30. The number of hydrogen-bond acceptors (Lipinski definition) is 3. The Balaban J connectivity index is 1.66. The second-order valence-electron chi connectivity index (χ2n) is 6.58. The molecule has 4 heteroatoms. The quantitative estimate of drug-likeness (QED) is 0.861. The molecule has 22 heavy (non-hydrogen) atoms. The first-order valence-corrected chi connectivity index (χ1v) is 8.76. The topological polar surface area (TPSA) is 36.4 Å². The van der Waals surface area contributed by atoms with E-state index in [-0.39, 0.29) is 6.04 Å². The molecule has 2 aliphatic heterocycles. The van der Waals surface area contributed by atoms with Crippen LogP contribution in [0.3, 0.4) is 0 Å². The van der Waals surface area contributed by atoms with Gasteiger partial charge in [0.25, 0.3) is 0 Å². The molecule has 2 aliphatic rings. The summed E-state index contributed by atoms with van der Waals surface area (Å²) in [5.41, 5.74) is 1.19. The number of pyridine rings is 1. The van der Waals surface area contributed by atoms with Gasteiger partial charge in [-0.05, 0) is 56.8 Å². The molecule has 4 nitrogen and oxygen atoms in total. The minimum absolute atomic E-state index is 0.224. The first-order chi connectivity index (χ1) is 10.8. The number of aromatic nitrogens is 1. The number of likely N-dealkylation sites (tertiary alicyclic amines) is 2. The summed E-state index contributed by atoms with van der Waals surface area (Å²) >= 11 is 0. The zero-order valence-electron chi connectivity index (χ0n) is 13.4. The van der Waals surface area contributed by atoms with E-state index in [4.69, 9.17) is 0 Å². The Labute approximate surface area is 133 Å². The lowest BCUT2D eigenvalue weighted by Crippen LogP contribution is -2.44. The Morgan fingerprint density at radius 1 is 1.09 bits per heavy atom. The predicted molar refractivity (Wildman–Crippen MR) is 87.5 cm³/mol. The molecule has 2 fully saturated rings. The monoisotopic (exact) mass is 301 g/mol. The van der Waals surface area contributed by atoms with Crippen LogP contribution in [0, 0.1) is 0 Å². The number of nitrogens with zero attached hydrogens (tertiary/aromatic N) is 3. The molecule has 1 aromatic heterocycles. The summed E-state index contributed by atoms with van der Waals surface area (Å²) in [5, 5.41) is 0. The van der Waals surface area contributed by atoms with Crippen LogP contribution < -0.4 is 0 Å². The van der Waals surface area contributed by atoms with Crippen LogP contribution in [0.1, 0.15) is 56.6 Å². The minimum atomic E-state index is 0.224. The van der Waals surface area contributed by atoms with Gasteiger partial charge in [0.05, 0.1) is 12.6 Å². The van der Waals surface area contributed by atoms with Crippen LogP contribution in [0.5, 0.6) is 0 Å². The highest BCUT2D eigenvalue weighted by atomic mass is 16.2. The van der Waals surface area contributed by atoms with Gasteiger partial charge in [0, 0.05) is 18.9 Å². The fraction of sp³-hybridized carbons (Fsp3) is 0.667. The van der Waals surface area contributed by atoms with Gasteiger partial charge in [-0.3, -0.25) is 14.7 Å². The third-order valence-electron chi connectivity index (χ3n) is 4.95. The second kappa shape index (κ2) is 7.73. The van der Waals surface area contributed by atoms with Crippen LogP contribution in [0.15, 0.2) is 24.5 Å². The summed E-state index contributed by atoms with van der Waals surface area (Å²) in [6.45, 7) is 3.65. The number of piperidine rings is 1. The van der Waals surface area contributed by atoms with Crippen LogP contribution in [0.4, 0.5) is 0 Å². The normalized spacial score (nSPS) is 24.0. The van der Waals surface area contributed by atoms with E-state index in [1.54, 1.807) is 6.20 Å². The van der Waals surface area contributed by atoms with Crippen molar-refractivity contribution in [2.75, 3.05) is 26.2 Å². The molecule has 3 heterocycles. The van der Waals surface area contributed by atoms with Gasteiger partial charge >= 0.3 is 0 Å². The van der Waals surface area contributed by atoms with Gasteiger partial charge in [0.2, 0.25) is 5.91 Å². The van der Waals surface area contributed by atoms with E-state index in [1.807, 2.05) is 12.3 Å². The predicted octanol–water partition coefficient (Wildman–Crippen LogP) is 3.01. The molecule has 0 spiro atoms. The van der Waals surface area contributed by atoms with Crippen LogP contribution in [0.2, 0.25) is 0 Å². The maximum absolute atomic E-state index is 12.8.